The highest BCUT2D eigenvalue weighted by atomic mass is 19.1. The van der Waals surface area contributed by atoms with Crippen LogP contribution >= 0.6 is 0 Å². The van der Waals surface area contributed by atoms with Crippen molar-refractivity contribution >= 4 is 11.6 Å². The van der Waals surface area contributed by atoms with Crippen molar-refractivity contribution in [3.63, 3.8) is 0 Å². The lowest BCUT2D eigenvalue weighted by molar-refractivity contribution is -0.117. The minimum absolute atomic E-state index is 0.0702. The second-order valence-corrected chi connectivity index (χ2v) is 7.85. The van der Waals surface area contributed by atoms with Gasteiger partial charge in [0.2, 0.25) is 5.91 Å². The average Bonchev–Trinajstić information content (AvgIpc) is 2.53. The van der Waals surface area contributed by atoms with E-state index in [1.54, 1.807) is 6.07 Å². The number of hydrogen-bond donors (Lipinski definition) is 2. The molecule has 1 aliphatic rings. The number of aliphatic hydroxyl groups is 1. The van der Waals surface area contributed by atoms with Crippen LogP contribution in [0.4, 0.5) is 10.1 Å². The zero-order valence-electron chi connectivity index (χ0n) is 15.6. The van der Waals surface area contributed by atoms with Gasteiger partial charge >= 0.3 is 0 Å². The van der Waals surface area contributed by atoms with E-state index in [2.05, 4.69) is 10.2 Å². The van der Waals surface area contributed by atoms with Crippen molar-refractivity contribution in [2.45, 2.75) is 52.7 Å². The van der Waals surface area contributed by atoms with Gasteiger partial charge in [0.15, 0.2) is 0 Å². The minimum Gasteiger partial charge on any atom is -0.393 e. The van der Waals surface area contributed by atoms with Gasteiger partial charge < -0.3 is 15.3 Å². The van der Waals surface area contributed by atoms with Crippen molar-refractivity contribution in [3.8, 4) is 0 Å². The van der Waals surface area contributed by atoms with Gasteiger partial charge in [0.1, 0.15) is 5.82 Å². The molecule has 2 rings (SSSR count). The maximum atomic E-state index is 13.8. The Kier molecular flexibility index (Phi) is 6.22. The lowest BCUT2D eigenvalue weighted by atomic mass is 9.96. The molecular weight excluding hydrogens is 319 g/mol. The van der Waals surface area contributed by atoms with Crippen LogP contribution < -0.4 is 10.2 Å². The molecule has 1 heterocycles. The molecule has 25 heavy (non-hydrogen) atoms. The molecular formula is C20H29FN2O2. The smallest absolute Gasteiger partial charge is 0.244 e. The molecule has 0 bridgehead atoms. The number of piperidine rings is 1. The van der Waals surface area contributed by atoms with E-state index in [-0.39, 0.29) is 29.3 Å². The molecule has 0 aromatic heterocycles. The predicted molar refractivity (Wildman–Crippen MR) is 99.0 cm³/mol. The Labute approximate surface area is 149 Å². The largest absolute Gasteiger partial charge is 0.393 e. The standard InChI is InChI=1S/C20H29FN2O2/c1-14(22-19(25)7-10-20(2,3)4)17-13-15(21)5-6-18(17)23-11-8-16(24)9-12-23/h5-7,10,13-14,16,24H,8-9,11-12H2,1-4H3,(H,22,25). The summed E-state index contributed by atoms with van der Waals surface area (Å²) >= 11 is 0. The molecule has 1 aliphatic heterocycles. The topological polar surface area (TPSA) is 52.6 Å². The number of anilines is 1. The highest BCUT2D eigenvalue weighted by Gasteiger charge is 2.22. The van der Waals surface area contributed by atoms with E-state index in [4.69, 9.17) is 0 Å². The van der Waals surface area contributed by atoms with Crippen LogP contribution in [-0.4, -0.2) is 30.2 Å². The zero-order valence-corrected chi connectivity index (χ0v) is 15.6. The number of aliphatic hydroxyl groups excluding tert-OH is 1. The molecule has 1 amide bonds. The van der Waals surface area contributed by atoms with Crippen LogP contribution in [0.25, 0.3) is 0 Å². The quantitative estimate of drug-likeness (QED) is 0.818. The minimum atomic E-state index is -0.317. The first-order valence-electron chi connectivity index (χ1n) is 8.88. The highest BCUT2D eigenvalue weighted by molar-refractivity contribution is 5.88. The monoisotopic (exact) mass is 348 g/mol. The fourth-order valence-electron chi connectivity index (χ4n) is 2.93. The molecule has 5 heteroatoms. The number of benzene rings is 1. The fraction of sp³-hybridized carbons (Fsp3) is 0.550. The van der Waals surface area contributed by atoms with E-state index in [0.29, 0.717) is 12.8 Å². The van der Waals surface area contributed by atoms with Crippen molar-refractivity contribution in [2.24, 2.45) is 5.41 Å². The van der Waals surface area contributed by atoms with Gasteiger partial charge in [0, 0.05) is 24.3 Å². The van der Waals surface area contributed by atoms with Crippen LogP contribution in [0.5, 0.6) is 0 Å². The van der Waals surface area contributed by atoms with Crippen LogP contribution in [0.1, 0.15) is 52.1 Å². The lowest BCUT2D eigenvalue weighted by Crippen LogP contribution is -2.37. The zero-order chi connectivity index (χ0) is 18.6. The number of amides is 1. The van der Waals surface area contributed by atoms with Crippen molar-refractivity contribution in [1.82, 2.24) is 5.32 Å². The third-order valence-corrected chi connectivity index (χ3v) is 4.35. The van der Waals surface area contributed by atoms with Gasteiger partial charge in [-0.05, 0) is 49.5 Å². The van der Waals surface area contributed by atoms with E-state index in [1.165, 1.54) is 18.2 Å². The summed E-state index contributed by atoms with van der Waals surface area (Å²) in [6.07, 6.45) is 4.53. The molecule has 1 aromatic rings. The van der Waals surface area contributed by atoms with Gasteiger partial charge in [-0.3, -0.25) is 4.79 Å². The summed E-state index contributed by atoms with van der Waals surface area (Å²) < 4.78 is 13.8. The van der Waals surface area contributed by atoms with Gasteiger partial charge in [-0.15, -0.1) is 0 Å². The molecule has 0 aliphatic carbocycles. The van der Waals surface area contributed by atoms with Gasteiger partial charge in [0.05, 0.1) is 12.1 Å². The second-order valence-electron chi connectivity index (χ2n) is 7.85. The fourth-order valence-corrected chi connectivity index (χ4v) is 2.93. The molecule has 1 fully saturated rings. The molecule has 1 unspecified atom stereocenters. The molecule has 0 spiro atoms. The van der Waals surface area contributed by atoms with E-state index in [0.717, 1.165) is 24.3 Å². The highest BCUT2D eigenvalue weighted by Crippen LogP contribution is 2.29. The third kappa shape index (κ3) is 5.85. The number of carbonyl (C=O) groups excluding carboxylic acids is 1. The molecule has 0 radical (unpaired) electrons. The van der Waals surface area contributed by atoms with Gasteiger partial charge in [-0.25, -0.2) is 4.39 Å². The summed E-state index contributed by atoms with van der Waals surface area (Å²) in [6, 6.07) is 4.38. The number of rotatable bonds is 4. The Morgan fingerprint density at radius 2 is 2.00 bits per heavy atom. The Morgan fingerprint density at radius 3 is 2.60 bits per heavy atom. The summed E-state index contributed by atoms with van der Waals surface area (Å²) in [5.41, 5.74) is 1.61. The summed E-state index contributed by atoms with van der Waals surface area (Å²) in [6.45, 7) is 9.38. The van der Waals surface area contributed by atoms with Crippen molar-refractivity contribution in [2.75, 3.05) is 18.0 Å². The van der Waals surface area contributed by atoms with Crippen molar-refractivity contribution < 1.29 is 14.3 Å². The number of nitrogens with zero attached hydrogens (tertiary/aromatic N) is 1. The number of nitrogens with one attached hydrogen (secondary N) is 1. The SMILES string of the molecule is CC(NC(=O)C=CC(C)(C)C)c1cc(F)ccc1N1CCC(O)CC1. The molecule has 1 aromatic carbocycles. The number of carbonyl (C=O) groups is 1. The van der Waals surface area contributed by atoms with E-state index in [9.17, 15) is 14.3 Å². The molecule has 1 atom stereocenters. The Bertz CT molecular complexity index is 629. The van der Waals surface area contributed by atoms with Crippen LogP contribution in [0.3, 0.4) is 0 Å². The van der Waals surface area contributed by atoms with Crippen LogP contribution in [-0.2, 0) is 4.79 Å². The predicted octanol–water partition coefficient (Wildman–Crippen LogP) is 3.57. The van der Waals surface area contributed by atoms with Crippen molar-refractivity contribution in [1.29, 1.82) is 0 Å². The maximum Gasteiger partial charge on any atom is 0.244 e. The van der Waals surface area contributed by atoms with Crippen LogP contribution in [0.2, 0.25) is 0 Å². The van der Waals surface area contributed by atoms with Gasteiger partial charge in [-0.2, -0.15) is 0 Å². The van der Waals surface area contributed by atoms with Gasteiger partial charge in [-0.1, -0.05) is 26.8 Å². The normalized spacial score (nSPS) is 17.8. The molecule has 4 nitrogen and oxygen atoms in total. The van der Waals surface area contributed by atoms with E-state index >= 15 is 0 Å². The molecule has 0 saturated carbocycles. The molecule has 138 valence electrons. The Morgan fingerprint density at radius 1 is 1.36 bits per heavy atom. The third-order valence-electron chi connectivity index (χ3n) is 4.35. The molecule has 1 saturated heterocycles. The summed E-state index contributed by atoms with van der Waals surface area (Å²) in [7, 11) is 0. The maximum absolute atomic E-state index is 13.8. The Balaban J connectivity index is 2.15. The first kappa shape index (κ1) is 19.4. The van der Waals surface area contributed by atoms with Crippen molar-refractivity contribution in [3.05, 3.63) is 41.7 Å². The van der Waals surface area contributed by atoms with E-state index in [1.807, 2.05) is 33.8 Å². The number of hydrogen-bond acceptors (Lipinski definition) is 3. The first-order valence-corrected chi connectivity index (χ1v) is 8.88. The van der Waals surface area contributed by atoms with Gasteiger partial charge in [0.25, 0.3) is 0 Å². The van der Waals surface area contributed by atoms with E-state index < -0.39 is 0 Å². The lowest BCUT2D eigenvalue weighted by Gasteiger charge is -2.34. The molecule has 2 N–H and O–H groups in total. The first-order chi connectivity index (χ1) is 11.7. The summed E-state index contributed by atoms with van der Waals surface area (Å²) in [5, 5.41) is 12.6. The summed E-state index contributed by atoms with van der Waals surface area (Å²) in [5.74, 6) is -0.506. The van der Waals surface area contributed by atoms with Crippen LogP contribution in [0, 0.1) is 11.2 Å². The van der Waals surface area contributed by atoms with Crippen LogP contribution in [0.15, 0.2) is 30.4 Å². The number of halogens is 1. The second kappa shape index (κ2) is 8.00. The average molecular weight is 348 g/mol. The number of allylic oxidation sites excluding steroid dienone is 1. The Hall–Kier alpha value is -1.88. The summed E-state index contributed by atoms with van der Waals surface area (Å²) in [4.78, 5) is 14.3.